The predicted molar refractivity (Wildman–Crippen MR) is 170 cm³/mol. The Balaban J connectivity index is 1.41. The molecule has 1 heterocycles. The molecule has 1 aliphatic heterocycles. The van der Waals surface area contributed by atoms with Gasteiger partial charge in [-0.2, -0.15) is 0 Å². The smallest absolute Gasteiger partial charge is 0.0487 e. The van der Waals surface area contributed by atoms with Gasteiger partial charge in [-0.3, -0.25) is 0 Å². The Hall–Kier alpha value is -3.49. The molecule has 0 N–H and O–H groups in total. The highest BCUT2D eigenvalue weighted by molar-refractivity contribution is 6.76. The lowest BCUT2D eigenvalue weighted by molar-refractivity contribution is 0.766. The van der Waals surface area contributed by atoms with Gasteiger partial charge in [-0.05, 0) is 90.6 Å². The first kappa shape index (κ1) is 24.5. The molecule has 3 aromatic rings. The highest BCUT2D eigenvalue weighted by Gasteiger charge is 2.38. The van der Waals surface area contributed by atoms with Crippen LogP contribution in [-0.4, -0.2) is 20.1 Å². The fraction of sp³-hybridized carbons (Fsp3) is 0.270. The van der Waals surface area contributed by atoms with Crippen LogP contribution in [0.15, 0.2) is 107 Å². The second-order valence-corrected chi connectivity index (χ2v) is 14.5. The number of anilines is 2. The van der Waals surface area contributed by atoms with E-state index >= 15 is 0 Å². The Labute approximate surface area is 235 Å². The number of allylic oxidation sites excluding steroid dienone is 7. The highest BCUT2D eigenvalue weighted by Crippen LogP contribution is 2.55. The SMILES string of the molecule is CC1=Cc2c(cccc2N2CCCc3ccccc32)C1C1=C(C)CC2=CCC(=[Si](C)C)C(c3ccccc3)=C21. The van der Waals surface area contributed by atoms with Crippen LogP contribution in [0.3, 0.4) is 0 Å². The van der Waals surface area contributed by atoms with E-state index in [1.54, 1.807) is 33.0 Å². The van der Waals surface area contributed by atoms with Crippen molar-refractivity contribution in [2.75, 3.05) is 11.4 Å². The van der Waals surface area contributed by atoms with Crippen LogP contribution in [0.5, 0.6) is 0 Å². The largest absolute Gasteiger partial charge is 0.341 e. The molecule has 0 fully saturated rings. The summed E-state index contributed by atoms with van der Waals surface area (Å²) in [5.74, 6) is 0.323. The molecule has 1 atom stereocenters. The van der Waals surface area contributed by atoms with Crippen molar-refractivity contribution in [3.8, 4) is 0 Å². The van der Waals surface area contributed by atoms with Crippen LogP contribution in [0.1, 0.15) is 61.3 Å². The Bertz CT molecular complexity index is 1660. The minimum absolute atomic E-state index is 0.323. The monoisotopic (exact) mass is 523 g/mol. The zero-order valence-corrected chi connectivity index (χ0v) is 24.6. The van der Waals surface area contributed by atoms with Gasteiger partial charge in [-0.15, -0.1) is 0 Å². The average molecular weight is 524 g/mol. The third-order valence-electron chi connectivity index (χ3n) is 9.22. The molecule has 1 unspecified atom stereocenters. The van der Waals surface area contributed by atoms with E-state index in [0.29, 0.717) is 5.92 Å². The van der Waals surface area contributed by atoms with Crippen molar-refractivity contribution in [1.29, 1.82) is 0 Å². The number of aryl methyl sites for hydroxylation is 1. The van der Waals surface area contributed by atoms with E-state index in [0.717, 1.165) is 19.4 Å². The van der Waals surface area contributed by atoms with Gasteiger partial charge in [-0.1, -0.05) is 102 Å². The molecule has 3 aliphatic carbocycles. The van der Waals surface area contributed by atoms with Gasteiger partial charge in [0.25, 0.3) is 0 Å². The molecular weight excluding hydrogens is 487 g/mol. The number of para-hydroxylation sites is 1. The van der Waals surface area contributed by atoms with Crippen LogP contribution in [-0.2, 0) is 6.42 Å². The van der Waals surface area contributed by atoms with Gasteiger partial charge in [0.2, 0.25) is 0 Å². The van der Waals surface area contributed by atoms with Crippen molar-refractivity contribution in [1.82, 2.24) is 0 Å². The van der Waals surface area contributed by atoms with E-state index in [4.69, 9.17) is 0 Å². The predicted octanol–water partition coefficient (Wildman–Crippen LogP) is 9.28. The van der Waals surface area contributed by atoms with Crippen LogP contribution in [0.2, 0.25) is 13.1 Å². The second-order valence-electron chi connectivity index (χ2n) is 11.9. The fourth-order valence-corrected chi connectivity index (χ4v) is 8.79. The highest BCUT2D eigenvalue weighted by atomic mass is 28.2. The lowest BCUT2D eigenvalue weighted by atomic mass is 9.78. The number of hydrogen-bond acceptors (Lipinski definition) is 1. The van der Waals surface area contributed by atoms with Gasteiger partial charge in [-0.25, -0.2) is 0 Å². The molecule has 4 aliphatic rings. The Morgan fingerprint density at radius 2 is 1.59 bits per heavy atom. The van der Waals surface area contributed by atoms with Crippen LogP contribution in [0.25, 0.3) is 11.6 Å². The normalized spacial score (nSPS) is 20.1. The Morgan fingerprint density at radius 1 is 0.821 bits per heavy atom. The van der Waals surface area contributed by atoms with Crippen LogP contribution in [0, 0.1) is 0 Å². The van der Waals surface area contributed by atoms with Gasteiger partial charge in [0, 0.05) is 37.8 Å². The van der Waals surface area contributed by atoms with Crippen molar-refractivity contribution in [2.45, 2.75) is 58.5 Å². The molecule has 7 rings (SSSR count). The topological polar surface area (TPSA) is 3.24 Å². The molecule has 0 saturated heterocycles. The third-order valence-corrected chi connectivity index (χ3v) is 10.9. The van der Waals surface area contributed by atoms with Gasteiger partial charge in [0.05, 0.1) is 0 Å². The Kier molecular flexibility index (Phi) is 6.04. The third kappa shape index (κ3) is 3.92. The lowest BCUT2D eigenvalue weighted by Gasteiger charge is -2.33. The first-order valence-corrected chi connectivity index (χ1v) is 17.1. The molecular formula is C37H37NSi. The second kappa shape index (κ2) is 9.61. The van der Waals surface area contributed by atoms with Gasteiger partial charge < -0.3 is 4.90 Å². The van der Waals surface area contributed by atoms with Crippen LogP contribution >= 0.6 is 0 Å². The maximum absolute atomic E-state index is 2.58. The number of rotatable bonds is 3. The summed E-state index contributed by atoms with van der Waals surface area (Å²) in [5, 5.41) is 1.68. The number of benzene rings is 3. The zero-order chi connectivity index (χ0) is 26.7. The van der Waals surface area contributed by atoms with Gasteiger partial charge in [0.15, 0.2) is 0 Å². The molecule has 0 amide bonds. The average Bonchev–Trinajstić information content (AvgIpc) is 3.46. The van der Waals surface area contributed by atoms with Crippen molar-refractivity contribution in [2.24, 2.45) is 0 Å². The van der Waals surface area contributed by atoms with E-state index in [9.17, 15) is 0 Å². The zero-order valence-electron chi connectivity index (χ0n) is 23.6. The molecule has 0 spiro atoms. The molecule has 0 saturated carbocycles. The van der Waals surface area contributed by atoms with Gasteiger partial charge >= 0.3 is 0 Å². The maximum Gasteiger partial charge on any atom is 0.0487 e. The summed E-state index contributed by atoms with van der Waals surface area (Å²) in [6, 6.07) is 27.3. The summed E-state index contributed by atoms with van der Waals surface area (Å²) in [6.45, 7) is 10.8. The number of fused-ring (bicyclic) bond motifs is 3. The minimum atomic E-state index is -0.584. The summed E-state index contributed by atoms with van der Waals surface area (Å²) in [6.07, 6.45) is 9.63. The van der Waals surface area contributed by atoms with Crippen molar-refractivity contribution in [3.05, 3.63) is 129 Å². The summed E-state index contributed by atoms with van der Waals surface area (Å²) in [5.41, 5.74) is 17.8. The molecule has 1 nitrogen and oxygen atoms in total. The van der Waals surface area contributed by atoms with E-state index in [-0.39, 0.29) is 0 Å². The molecule has 0 bridgehead atoms. The summed E-state index contributed by atoms with van der Waals surface area (Å²) >= 11 is 0. The number of nitrogens with zero attached hydrogens (tertiary/aromatic N) is 1. The number of hydrogen-bond donors (Lipinski definition) is 0. The molecule has 0 aromatic heterocycles. The van der Waals surface area contributed by atoms with Crippen molar-refractivity contribution >= 4 is 36.6 Å². The first-order chi connectivity index (χ1) is 19.0. The summed E-state index contributed by atoms with van der Waals surface area (Å²) < 4.78 is 0. The molecule has 0 radical (unpaired) electrons. The summed E-state index contributed by atoms with van der Waals surface area (Å²) in [7, 11) is -0.584. The molecule has 3 aromatic carbocycles. The van der Waals surface area contributed by atoms with Crippen molar-refractivity contribution < 1.29 is 0 Å². The van der Waals surface area contributed by atoms with Gasteiger partial charge in [0.1, 0.15) is 0 Å². The van der Waals surface area contributed by atoms with E-state index in [2.05, 4.69) is 117 Å². The standard InChI is InChI=1S/C37H37NSi/c1-24-22-28-19-20-33(39(3)4)36(27-13-6-5-7-14-27)37(28)35(24)34-25(2)23-30-29(34)16-10-18-32(30)38-21-11-15-26-12-8-9-17-31(26)38/h5-10,12-14,16-19,23,34H,11,15,20-22H2,1-4H3. The molecule has 194 valence electrons. The van der Waals surface area contributed by atoms with Crippen LogP contribution < -0.4 is 4.90 Å². The Morgan fingerprint density at radius 3 is 2.41 bits per heavy atom. The maximum atomic E-state index is 2.58. The van der Waals surface area contributed by atoms with E-state index in [1.165, 1.54) is 52.0 Å². The molecule has 39 heavy (non-hydrogen) atoms. The van der Waals surface area contributed by atoms with Crippen LogP contribution in [0.4, 0.5) is 11.4 Å². The minimum Gasteiger partial charge on any atom is -0.341 e. The quantitative estimate of drug-likeness (QED) is 0.309. The van der Waals surface area contributed by atoms with E-state index < -0.39 is 8.41 Å². The first-order valence-electron chi connectivity index (χ1n) is 14.6. The van der Waals surface area contributed by atoms with Crippen molar-refractivity contribution in [3.63, 3.8) is 0 Å². The van der Waals surface area contributed by atoms with E-state index in [1.807, 2.05) is 0 Å². The lowest BCUT2D eigenvalue weighted by Crippen LogP contribution is -2.25. The molecule has 2 heteroatoms. The summed E-state index contributed by atoms with van der Waals surface area (Å²) in [4.78, 5) is 2.58. The fourth-order valence-electron chi connectivity index (χ4n) is 7.51.